The first-order valence-corrected chi connectivity index (χ1v) is 7.73. The van der Waals surface area contributed by atoms with Gasteiger partial charge in [0.2, 0.25) is 0 Å². The number of hydrogen-bond donors (Lipinski definition) is 1. The van der Waals surface area contributed by atoms with Crippen molar-refractivity contribution < 1.29 is 9.53 Å². The molecule has 1 N–H and O–H groups in total. The Kier molecular flexibility index (Phi) is 6.15. The molecule has 1 aromatic rings. The number of ether oxygens (including phenoxy) is 1. The Morgan fingerprint density at radius 1 is 1.55 bits per heavy atom. The monoisotopic (exact) mass is 306 g/mol. The summed E-state index contributed by atoms with van der Waals surface area (Å²) in [5.74, 6) is 1.17. The van der Waals surface area contributed by atoms with Gasteiger partial charge < -0.3 is 19.9 Å². The molecule has 1 aliphatic rings. The van der Waals surface area contributed by atoms with Gasteiger partial charge in [-0.25, -0.2) is 4.98 Å². The van der Waals surface area contributed by atoms with Crippen molar-refractivity contribution >= 4 is 11.7 Å². The van der Waals surface area contributed by atoms with E-state index in [1.165, 1.54) is 0 Å². The first kappa shape index (κ1) is 16.7. The Balaban J connectivity index is 1.84. The summed E-state index contributed by atoms with van der Waals surface area (Å²) in [7, 11) is 5.51. The van der Waals surface area contributed by atoms with E-state index in [-0.39, 0.29) is 5.91 Å². The molecule has 2 heterocycles. The fourth-order valence-electron chi connectivity index (χ4n) is 2.77. The smallest absolute Gasteiger partial charge is 0.255 e. The summed E-state index contributed by atoms with van der Waals surface area (Å²) in [4.78, 5) is 20.9. The molecule has 6 nitrogen and oxygen atoms in total. The summed E-state index contributed by atoms with van der Waals surface area (Å²) >= 11 is 0. The molecule has 0 bridgehead atoms. The van der Waals surface area contributed by atoms with E-state index in [1.54, 1.807) is 19.4 Å². The third-order valence-electron chi connectivity index (χ3n) is 3.99. The van der Waals surface area contributed by atoms with Gasteiger partial charge in [-0.1, -0.05) is 0 Å². The van der Waals surface area contributed by atoms with Gasteiger partial charge in [0.15, 0.2) is 0 Å². The van der Waals surface area contributed by atoms with Crippen molar-refractivity contribution in [1.29, 1.82) is 0 Å². The normalized spacial score (nSPS) is 18.4. The zero-order valence-corrected chi connectivity index (χ0v) is 13.7. The fraction of sp³-hybridized carbons (Fsp3) is 0.625. The van der Waals surface area contributed by atoms with Crippen LogP contribution in [0.15, 0.2) is 18.3 Å². The van der Waals surface area contributed by atoms with E-state index in [9.17, 15) is 4.79 Å². The summed E-state index contributed by atoms with van der Waals surface area (Å²) < 4.78 is 5.11. The van der Waals surface area contributed by atoms with E-state index in [1.807, 2.05) is 25.1 Å². The molecule has 1 fully saturated rings. The number of likely N-dealkylation sites (tertiary alicyclic amines) is 1. The number of amides is 1. The molecule has 0 spiro atoms. The lowest BCUT2D eigenvalue weighted by molar-refractivity contribution is 0.0947. The van der Waals surface area contributed by atoms with Crippen LogP contribution < -0.4 is 10.2 Å². The van der Waals surface area contributed by atoms with Gasteiger partial charge in [0.05, 0.1) is 12.2 Å². The van der Waals surface area contributed by atoms with E-state index in [0.717, 1.165) is 32.7 Å². The highest BCUT2D eigenvalue weighted by molar-refractivity contribution is 5.98. The number of nitrogens with zero attached hydrogens (tertiary/aromatic N) is 3. The lowest BCUT2D eigenvalue weighted by Gasteiger charge is -2.17. The molecule has 1 unspecified atom stereocenters. The van der Waals surface area contributed by atoms with Crippen molar-refractivity contribution in [2.45, 2.75) is 6.42 Å². The maximum absolute atomic E-state index is 12.4. The lowest BCUT2D eigenvalue weighted by Crippen LogP contribution is -2.32. The molecule has 6 heteroatoms. The predicted molar refractivity (Wildman–Crippen MR) is 87.3 cm³/mol. The zero-order valence-electron chi connectivity index (χ0n) is 13.7. The summed E-state index contributed by atoms with van der Waals surface area (Å²) in [5, 5.41) is 3.05. The number of hydrogen-bond acceptors (Lipinski definition) is 5. The van der Waals surface area contributed by atoms with Crippen LogP contribution in [0, 0.1) is 5.92 Å². The lowest BCUT2D eigenvalue weighted by atomic mass is 10.1. The van der Waals surface area contributed by atoms with Crippen LogP contribution in [-0.4, -0.2) is 69.8 Å². The molecular weight excluding hydrogens is 280 g/mol. The minimum Gasteiger partial charge on any atom is -0.383 e. The fourth-order valence-corrected chi connectivity index (χ4v) is 2.77. The average molecular weight is 306 g/mol. The van der Waals surface area contributed by atoms with Gasteiger partial charge in [0.25, 0.3) is 5.91 Å². The topological polar surface area (TPSA) is 57.7 Å². The van der Waals surface area contributed by atoms with Gasteiger partial charge in [-0.05, 0) is 31.0 Å². The second kappa shape index (κ2) is 8.10. The van der Waals surface area contributed by atoms with Gasteiger partial charge in [-0.3, -0.25) is 4.79 Å². The average Bonchev–Trinajstić information content (AvgIpc) is 2.98. The number of carbonyl (C=O) groups is 1. The van der Waals surface area contributed by atoms with Crippen LogP contribution in [0.4, 0.5) is 5.82 Å². The Morgan fingerprint density at radius 2 is 2.36 bits per heavy atom. The number of pyridine rings is 1. The SMILES string of the molecule is COCCN1CCC(CNC(=O)c2cccnc2N(C)C)C1. The predicted octanol–water partition coefficient (Wildman–Crippen LogP) is 0.846. The van der Waals surface area contributed by atoms with E-state index >= 15 is 0 Å². The second-order valence-corrected chi connectivity index (χ2v) is 5.93. The zero-order chi connectivity index (χ0) is 15.9. The molecule has 2 rings (SSSR count). The molecular formula is C16H26N4O2. The van der Waals surface area contributed by atoms with Gasteiger partial charge >= 0.3 is 0 Å². The third kappa shape index (κ3) is 4.42. The molecule has 1 amide bonds. The number of carbonyl (C=O) groups excluding carboxylic acids is 1. The van der Waals surface area contributed by atoms with E-state index in [2.05, 4.69) is 15.2 Å². The number of aromatic nitrogens is 1. The van der Waals surface area contributed by atoms with Gasteiger partial charge in [-0.2, -0.15) is 0 Å². The van der Waals surface area contributed by atoms with Crippen LogP contribution in [0.5, 0.6) is 0 Å². The summed E-state index contributed by atoms with van der Waals surface area (Å²) in [6.45, 7) is 4.55. The molecule has 22 heavy (non-hydrogen) atoms. The van der Waals surface area contributed by atoms with Crippen molar-refractivity contribution in [2.24, 2.45) is 5.92 Å². The minimum absolute atomic E-state index is 0.0489. The summed E-state index contributed by atoms with van der Waals surface area (Å²) in [6, 6.07) is 3.61. The van der Waals surface area contributed by atoms with Gasteiger partial charge in [-0.15, -0.1) is 0 Å². The second-order valence-electron chi connectivity index (χ2n) is 5.93. The highest BCUT2D eigenvalue weighted by Gasteiger charge is 2.23. The van der Waals surface area contributed by atoms with Crippen molar-refractivity contribution in [3.63, 3.8) is 0 Å². The molecule has 1 atom stereocenters. The Labute approximate surface area is 132 Å². The number of anilines is 1. The van der Waals surface area contributed by atoms with Crippen LogP contribution in [0.3, 0.4) is 0 Å². The molecule has 1 saturated heterocycles. The maximum atomic E-state index is 12.4. The molecule has 0 radical (unpaired) electrons. The molecule has 0 aliphatic carbocycles. The third-order valence-corrected chi connectivity index (χ3v) is 3.99. The maximum Gasteiger partial charge on any atom is 0.255 e. The standard InChI is InChI=1S/C16H26N4O2/c1-19(2)15-14(5-4-7-17-15)16(21)18-11-13-6-8-20(12-13)9-10-22-3/h4-5,7,13H,6,8-12H2,1-3H3,(H,18,21). The van der Waals surface area contributed by atoms with E-state index in [4.69, 9.17) is 4.74 Å². The van der Waals surface area contributed by atoms with Crippen LogP contribution in [0.1, 0.15) is 16.8 Å². The number of rotatable bonds is 7. The molecule has 1 aliphatic heterocycles. The Bertz CT molecular complexity index is 493. The van der Waals surface area contributed by atoms with Crippen molar-refractivity contribution in [3.05, 3.63) is 23.9 Å². The van der Waals surface area contributed by atoms with Gasteiger partial charge in [0, 0.05) is 47.0 Å². The Hall–Kier alpha value is -1.66. The van der Waals surface area contributed by atoms with Gasteiger partial charge in [0.1, 0.15) is 5.82 Å². The summed E-state index contributed by atoms with van der Waals surface area (Å²) in [6.07, 6.45) is 2.83. The number of methoxy groups -OCH3 is 1. The van der Waals surface area contributed by atoms with Crippen LogP contribution >= 0.6 is 0 Å². The van der Waals surface area contributed by atoms with Crippen LogP contribution in [-0.2, 0) is 4.74 Å². The van der Waals surface area contributed by atoms with Crippen molar-refractivity contribution in [1.82, 2.24) is 15.2 Å². The largest absolute Gasteiger partial charge is 0.383 e. The van der Waals surface area contributed by atoms with Crippen molar-refractivity contribution in [2.75, 3.05) is 58.9 Å². The van der Waals surface area contributed by atoms with E-state index in [0.29, 0.717) is 23.8 Å². The Morgan fingerprint density at radius 3 is 3.09 bits per heavy atom. The first-order chi connectivity index (χ1) is 10.6. The first-order valence-electron chi connectivity index (χ1n) is 7.73. The summed E-state index contributed by atoms with van der Waals surface area (Å²) in [5.41, 5.74) is 0.627. The van der Waals surface area contributed by atoms with Crippen LogP contribution in [0.25, 0.3) is 0 Å². The molecule has 0 saturated carbocycles. The molecule has 1 aromatic heterocycles. The van der Waals surface area contributed by atoms with Crippen LogP contribution in [0.2, 0.25) is 0 Å². The molecule has 0 aromatic carbocycles. The minimum atomic E-state index is -0.0489. The molecule has 122 valence electrons. The highest BCUT2D eigenvalue weighted by atomic mass is 16.5. The van der Waals surface area contributed by atoms with E-state index < -0.39 is 0 Å². The highest BCUT2D eigenvalue weighted by Crippen LogP contribution is 2.17. The van der Waals surface area contributed by atoms with Crippen molar-refractivity contribution in [3.8, 4) is 0 Å². The quantitative estimate of drug-likeness (QED) is 0.809. The number of nitrogens with one attached hydrogen (secondary N) is 1.